The summed E-state index contributed by atoms with van der Waals surface area (Å²) in [5.41, 5.74) is 6.79. The molecular weight excluding hydrogens is 232 g/mol. The van der Waals surface area contributed by atoms with Crippen LogP contribution in [0.15, 0.2) is 24.3 Å². The Morgan fingerprint density at radius 1 is 1.44 bits per heavy atom. The SMILES string of the molecule is NC(Cc1ccc(O)cc1)C(=O)N1CCC(O)C1. The topological polar surface area (TPSA) is 86.8 Å². The number of nitrogens with zero attached hydrogens (tertiary/aromatic N) is 1. The van der Waals surface area contributed by atoms with Crippen LogP contribution >= 0.6 is 0 Å². The number of likely N-dealkylation sites (tertiary alicyclic amines) is 1. The van der Waals surface area contributed by atoms with Crippen molar-refractivity contribution in [2.24, 2.45) is 5.73 Å². The average Bonchev–Trinajstić information content (AvgIpc) is 2.78. The van der Waals surface area contributed by atoms with Crippen molar-refractivity contribution in [3.05, 3.63) is 29.8 Å². The van der Waals surface area contributed by atoms with Gasteiger partial charge in [0.1, 0.15) is 5.75 Å². The van der Waals surface area contributed by atoms with E-state index < -0.39 is 12.1 Å². The second-order valence-electron chi connectivity index (χ2n) is 4.70. The Hall–Kier alpha value is -1.59. The van der Waals surface area contributed by atoms with E-state index >= 15 is 0 Å². The summed E-state index contributed by atoms with van der Waals surface area (Å²) >= 11 is 0. The van der Waals surface area contributed by atoms with Crippen LogP contribution < -0.4 is 5.73 Å². The predicted molar refractivity (Wildman–Crippen MR) is 67.0 cm³/mol. The van der Waals surface area contributed by atoms with Gasteiger partial charge in [-0.05, 0) is 30.5 Å². The Bertz CT molecular complexity index is 419. The van der Waals surface area contributed by atoms with E-state index in [4.69, 9.17) is 10.8 Å². The number of rotatable bonds is 3. The summed E-state index contributed by atoms with van der Waals surface area (Å²) in [5.74, 6) is 0.0703. The highest BCUT2D eigenvalue weighted by Gasteiger charge is 2.28. The molecule has 0 radical (unpaired) electrons. The Kier molecular flexibility index (Phi) is 3.84. The standard InChI is InChI=1S/C13H18N2O3/c14-12(7-9-1-3-10(16)4-2-9)13(18)15-6-5-11(17)8-15/h1-4,11-12,16-17H,5-8,14H2. The number of β-amino-alcohol motifs (C(OH)–C–C–N with tert-alkyl or cyclic N) is 1. The van der Waals surface area contributed by atoms with Gasteiger partial charge in [0.05, 0.1) is 12.1 Å². The number of amides is 1. The van der Waals surface area contributed by atoms with E-state index in [0.717, 1.165) is 5.56 Å². The number of hydrogen-bond donors (Lipinski definition) is 3. The number of nitrogens with two attached hydrogens (primary N) is 1. The third-order valence-electron chi connectivity index (χ3n) is 3.18. The van der Waals surface area contributed by atoms with Gasteiger partial charge in [-0.25, -0.2) is 0 Å². The van der Waals surface area contributed by atoms with E-state index in [1.165, 1.54) is 0 Å². The number of hydrogen-bond acceptors (Lipinski definition) is 4. The molecule has 0 bridgehead atoms. The van der Waals surface area contributed by atoms with Gasteiger partial charge in [-0.3, -0.25) is 4.79 Å². The highest BCUT2D eigenvalue weighted by molar-refractivity contribution is 5.82. The summed E-state index contributed by atoms with van der Waals surface area (Å²) in [6.07, 6.45) is 0.637. The molecule has 0 spiro atoms. The molecule has 1 saturated heterocycles. The lowest BCUT2D eigenvalue weighted by molar-refractivity contribution is -0.131. The van der Waals surface area contributed by atoms with Crippen molar-refractivity contribution < 1.29 is 15.0 Å². The number of carbonyl (C=O) groups is 1. The highest BCUT2D eigenvalue weighted by atomic mass is 16.3. The minimum Gasteiger partial charge on any atom is -0.508 e. The first-order chi connectivity index (χ1) is 8.56. The lowest BCUT2D eigenvalue weighted by Gasteiger charge is -2.20. The lowest BCUT2D eigenvalue weighted by atomic mass is 10.1. The maximum absolute atomic E-state index is 12.0. The zero-order valence-electron chi connectivity index (χ0n) is 10.1. The molecule has 1 heterocycles. The molecule has 1 aromatic rings. The number of aromatic hydroxyl groups is 1. The van der Waals surface area contributed by atoms with Crippen LogP contribution in [0.2, 0.25) is 0 Å². The first-order valence-electron chi connectivity index (χ1n) is 6.06. The van der Waals surface area contributed by atoms with Crippen molar-refractivity contribution >= 4 is 5.91 Å². The maximum atomic E-state index is 12.0. The summed E-state index contributed by atoms with van der Waals surface area (Å²) in [6.45, 7) is 0.950. The maximum Gasteiger partial charge on any atom is 0.239 e. The Morgan fingerprint density at radius 3 is 2.67 bits per heavy atom. The number of carbonyl (C=O) groups excluding carboxylic acids is 1. The van der Waals surface area contributed by atoms with Crippen LogP contribution in [0.3, 0.4) is 0 Å². The van der Waals surface area contributed by atoms with Gasteiger partial charge < -0.3 is 20.8 Å². The largest absolute Gasteiger partial charge is 0.508 e. The summed E-state index contributed by atoms with van der Waals surface area (Å²) in [6, 6.07) is 6.06. The van der Waals surface area contributed by atoms with E-state index in [2.05, 4.69) is 0 Å². The van der Waals surface area contributed by atoms with E-state index in [0.29, 0.717) is 25.9 Å². The fourth-order valence-corrected chi connectivity index (χ4v) is 2.15. The Balaban J connectivity index is 1.93. The van der Waals surface area contributed by atoms with Gasteiger partial charge >= 0.3 is 0 Å². The van der Waals surface area contributed by atoms with Crippen LogP contribution in [-0.4, -0.2) is 46.3 Å². The zero-order valence-corrected chi connectivity index (χ0v) is 10.1. The van der Waals surface area contributed by atoms with Crippen molar-refractivity contribution in [2.45, 2.75) is 25.0 Å². The molecule has 1 aliphatic rings. The third-order valence-corrected chi connectivity index (χ3v) is 3.18. The smallest absolute Gasteiger partial charge is 0.239 e. The molecule has 98 valence electrons. The molecule has 2 atom stereocenters. The zero-order chi connectivity index (χ0) is 13.1. The molecule has 1 amide bonds. The van der Waals surface area contributed by atoms with Crippen molar-refractivity contribution in [1.82, 2.24) is 4.90 Å². The van der Waals surface area contributed by atoms with E-state index in [9.17, 15) is 9.90 Å². The Labute approximate surface area is 106 Å². The number of aliphatic hydroxyl groups excluding tert-OH is 1. The minimum absolute atomic E-state index is 0.125. The van der Waals surface area contributed by atoms with E-state index in [1.807, 2.05) is 0 Å². The highest BCUT2D eigenvalue weighted by Crippen LogP contribution is 2.14. The van der Waals surface area contributed by atoms with Gasteiger partial charge in [0.2, 0.25) is 5.91 Å². The molecule has 2 rings (SSSR count). The van der Waals surface area contributed by atoms with E-state index in [1.54, 1.807) is 29.2 Å². The average molecular weight is 250 g/mol. The normalized spacial score (nSPS) is 21.0. The van der Waals surface area contributed by atoms with Crippen molar-refractivity contribution in [2.75, 3.05) is 13.1 Å². The summed E-state index contributed by atoms with van der Waals surface area (Å²) in [4.78, 5) is 13.6. The van der Waals surface area contributed by atoms with Gasteiger partial charge in [-0.2, -0.15) is 0 Å². The van der Waals surface area contributed by atoms with Crippen molar-refractivity contribution in [3.63, 3.8) is 0 Å². The second kappa shape index (κ2) is 5.37. The molecule has 4 N–H and O–H groups in total. The number of phenolic OH excluding ortho intramolecular Hbond substituents is 1. The lowest BCUT2D eigenvalue weighted by Crippen LogP contribution is -2.44. The first-order valence-corrected chi connectivity index (χ1v) is 6.06. The predicted octanol–water partition coefficient (Wildman–Crippen LogP) is -0.145. The summed E-state index contributed by atoms with van der Waals surface area (Å²) in [7, 11) is 0. The van der Waals surface area contributed by atoms with Gasteiger partial charge in [0.15, 0.2) is 0 Å². The molecule has 0 aliphatic carbocycles. The summed E-state index contributed by atoms with van der Waals surface area (Å²) in [5, 5.41) is 18.6. The van der Waals surface area contributed by atoms with Gasteiger partial charge in [-0.15, -0.1) is 0 Å². The van der Waals surface area contributed by atoms with Crippen LogP contribution in [0.1, 0.15) is 12.0 Å². The fraction of sp³-hybridized carbons (Fsp3) is 0.462. The number of benzene rings is 1. The number of phenols is 1. The molecule has 5 heteroatoms. The van der Waals surface area contributed by atoms with Crippen LogP contribution in [0.25, 0.3) is 0 Å². The molecule has 18 heavy (non-hydrogen) atoms. The fourth-order valence-electron chi connectivity index (χ4n) is 2.15. The van der Waals surface area contributed by atoms with Crippen molar-refractivity contribution in [1.29, 1.82) is 0 Å². The third kappa shape index (κ3) is 3.00. The second-order valence-corrected chi connectivity index (χ2v) is 4.70. The first kappa shape index (κ1) is 12.9. The molecule has 1 aliphatic heterocycles. The molecule has 2 unspecified atom stereocenters. The number of aliphatic hydroxyl groups is 1. The van der Waals surface area contributed by atoms with Gasteiger partial charge in [-0.1, -0.05) is 12.1 Å². The Morgan fingerprint density at radius 2 is 2.11 bits per heavy atom. The van der Waals surface area contributed by atoms with Crippen LogP contribution in [0.5, 0.6) is 5.75 Å². The van der Waals surface area contributed by atoms with Gasteiger partial charge in [0, 0.05) is 13.1 Å². The quantitative estimate of drug-likeness (QED) is 0.696. The molecule has 1 fully saturated rings. The van der Waals surface area contributed by atoms with Gasteiger partial charge in [0.25, 0.3) is 0 Å². The monoisotopic (exact) mass is 250 g/mol. The molecule has 1 aromatic carbocycles. The molecule has 0 aromatic heterocycles. The van der Waals surface area contributed by atoms with Crippen LogP contribution in [0, 0.1) is 0 Å². The van der Waals surface area contributed by atoms with Crippen LogP contribution in [0.4, 0.5) is 0 Å². The molecular formula is C13H18N2O3. The van der Waals surface area contributed by atoms with Crippen molar-refractivity contribution in [3.8, 4) is 5.75 Å². The molecule has 0 saturated carbocycles. The van der Waals surface area contributed by atoms with Crippen LogP contribution in [-0.2, 0) is 11.2 Å². The minimum atomic E-state index is -0.597. The summed E-state index contributed by atoms with van der Waals surface area (Å²) < 4.78 is 0. The molecule has 5 nitrogen and oxygen atoms in total. The van der Waals surface area contributed by atoms with E-state index in [-0.39, 0.29) is 11.7 Å².